The van der Waals surface area contributed by atoms with Gasteiger partial charge in [-0.05, 0) is 50.9 Å². The zero-order valence-corrected chi connectivity index (χ0v) is 25.0. The zero-order valence-electron chi connectivity index (χ0n) is 25.0. The SMILES string of the molecule is CCCCCCCCCCCC(CCCCCCCCCCC(C)C)OC(=O)C1CCCC(C(=O)O)C1. The zero-order chi connectivity index (χ0) is 27.1. The highest BCUT2D eigenvalue weighted by Gasteiger charge is 2.32. The number of carboxylic acids is 1. The Labute approximate surface area is 230 Å². The molecule has 218 valence electrons. The van der Waals surface area contributed by atoms with Crippen molar-refractivity contribution in [2.75, 3.05) is 0 Å². The van der Waals surface area contributed by atoms with E-state index in [1.54, 1.807) is 0 Å². The molecule has 1 aliphatic carbocycles. The summed E-state index contributed by atoms with van der Waals surface area (Å²) < 4.78 is 6.05. The van der Waals surface area contributed by atoms with Gasteiger partial charge in [0.15, 0.2) is 0 Å². The fraction of sp³-hybridized carbons (Fsp3) is 0.939. The maximum Gasteiger partial charge on any atom is 0.309 e. The number of esters is 1. The molecule has 0 heterocycles. The Balaban J connectivity index is 2.31. The van der Waals surface area contributed by atoms with Crippen LogP contribution in [0, 0.1) is 17.8 Å². The minimum atomic E-state index is -0.760. The van der Waals surface area contributed by atoms with E-state index in [-0.39, 0.29) is 23.9 Å². The Morgan fingerprint density at radius 1 is 0.676 bits per heavy atom. The van der Waals surface area contributed by atoms with Crippen molar-refractivity contribution in [1.29, 1.82) is 0 Å². The minimum absolute atomic E-state index is 0.0123. The third kappa shape index (κ3) is 18.8. The molecule has 0 radical (unpaired) electrons. The van der Waals surface area contributed by atoms with Crippen LogP contribution in [0.15, 0.2) is 0 Å². The molecule has 0 bridgehead atoms. The average molecular weight is 523 g/mol. The molecule has 0 aromatic rings. The number of hydrogen-bond acceptors (Lipinski definition) is 3. The van der Waals surface area contributed by atoms with E-state index in [2.05, 4.69) is 20.8 Å². The minimum Gasteiger partial charge on any atom is -0.481 e. The van der Waals surface area contributed by atoms with E-state index in [0.717, 1.165) is 44.4 Å². The van der Waals surface area contributed by atoms with Crippen LogP contribution in [0.25, 0.3) is 0 Å². The van der Waals surface area contributed by atoms with Crippen molar-refractivity contribution in [2.24, 2.45) is 17.8 Å². The summed E-state index contributed by atoms with van der Waals surface area (Å²) in [6.07, 6.45) is 28.2. The second kappa shape index (κ2) is 22.9. The normalized spacial score (nSPS) is 18.7. The van der Waals surface area contributed by atoms with Crippen LogP contribution in [0.1, 0.15) is 175 Å². The summed E-state index contributed by atoms with van der Waals surface area (Å²) in [5.74, 6) is -0.671. The summed E-state index contributed by atoms with van der Waals surface area (Å²) in [6, 6.07) is 0. The first kappa shape index (κ1) is 34.0. The van der Waals surface area contributed by atoms with Gasteiger partial charge in [0, 0.05) is 0 Å². The van der Waals surface area contributed by atoms with Crippen LogP contribution in [0.4, 0.5) is 0 Å². The summed E-state index contributed by atoms with van der Waals surface area (Å²) in [6.45, 7) is 6.88. The van der Waals surface area contributed by atoms with Gasteiger partial charge in [0.05, 0.1) is 11.8 Å². The molecule has 3 atom stereocenters. The molecule has 0 saturated heterocycles. The van der Waals surface area contributed by atoms with Crippen molar-refractivity contribution in [3.63, 3.8) is 0 Å². The van der Waals surface area contributed by atoms with Crippen molar-refractivity contribution in [2.45, 2.75) is 181 Å². The third-order valence-electron chi connectivity index (χ3n) is 8.33. The number of ether oxygens (including phenoxy) is 1. The summed E-state index contributed by atoms with van der Waals surface area (Å²) >= 11 is 0. The fourth-order valence-electron chi connectivity index (χ4n) is 5.82. The number of unbranched alkanes of at least 4 members (excludes halogenated alkanes) is 15. The number of carbonyl (C=O) groups is 2. The highest BCUT2D eigenvalue weighted by Crippen LogP contribution is 2.31. The monoisotopic (exact) mass is 522 g/mol. The van der Waals surface area contributed by atoms with Crippen LogP contribution in [-0.4, -0.2) is 23.1 Å². The smallest absolute Gasteiger partial charge is 0.309 e. The predicted octanol–water partition coefficient (Wildman–Crippen LogP) is 10.3. The van der Waals surface area contributed by atoms with Gasteiger partial charge in [-0.2, -0.15) is 0 Å². The maximum atomic E-state index is 12.9. The van der Waals surface area contributed by atoms with Crippen LogP contribution in [0.2, 0.25) is 0 Å². The number of aliphatic carboxylic acids is 1. The molecule has 37 heavy (non-hydrogen) atoms. The van der Waals surface area contributed by atoms with E-state index in [0.29, 0.717) is 12.8 Å². The molecule has 4 heteroatoms. The van der Waals surface area contributed by atoms with Gasteiger partial charge in [-0.15, -0.1) is 0 Å². The van der Waals surface area contributed by atoms with E-state index in [9.17, 15) is 14.7 Å². The molecule has 0 spiro atoms. The van der Waals surface area contributed by atoms with Crippen LogP contribution >= 0.6 is 0 Å². The molecule has 1 N–H and O–H groups in total. The molecule has 1 fully saturated rings. The second-order valence-corrected chi connectivity index (χ2v) is 12.4. The van der Waals surface area contributed by atoms with Crippen LogP contribution < -0.4 is 0 Å². The lowest BCUT2D eigenvalue weighted by atomic mass is 9.81. The lowest BCUT2D eigenvalue weighted by molar-refractivity contribution is -0.158. The van der Waals surface area contributed by atoms with Crippen LogP contribution in [-0.2, 0) is 14.3 Å². The first-order valence-electron chi connectivity index (χ1n) is 16.4. The molecule has 1 rings (SSSR count). The van der Waals surface area contributed by atoms with Crippen molar-refractivity contribution >= 4 is 11.9 Å². The molecular formula is C33H62O4. The van der Waals surface area contributed by atoms with E-state index in [1.165, 1.54) is 103 Å². The van der Waals surface area contributed by atoms with Gasteiger partial charge in [-0.1, -0.05) is 130 Å². The van der Waals surface area contributed by atoms with Crippen LogP contribution in [0.3, 0.4) is 0 Å². The predicted molar refractivity (Wildman–Crippen MR) is 156 cm³/mol. The van der Waals surface area contributed by atoms with Gasteiger partial charge in [-0.25, -0.2) is 0 Å². The molecule has 4 nitrogen and oxygen atoms in total. The Hall–Kier alpha value is -1.06. The molecule has 3 unspecified atom stereocenters. The van der Waals surface area contributed by atoms with Gasteiger partial charge in [0.1, 0.15) is 6.10 Å². The number of carbonyl (C=O) groups excluding carboxylic acids is 1. The Bertz CT molecular complexity index is 559. The standard InChI is InChI=1S/C33H62O4/c1-4-5-6-7-8-9-13-16-19-25-31(26-20-17-14-11-10-12-15-18-22-28(2)3)37-33(36)30-24-21-23-29(27-30)32(34)35/h28-31H,4-27H2,1-3H3,(H,34,35). The summed E-state index contributed by atoms with van der Waals surface area (Å²) in [4.78, 5) is 24.3. The quantitative estimate of drug-likeness (QED) is 0.101. The number of hydrogen-bond donors (Lipinski definition) is 1. The maximum absolute atomic E-state index is 12.9. The lowest BCUT2D eigenvalue weighted by Crippen LogP contribution is -2.31. The van der Waals surface area contributed by atoms with Gasteiger partial charge in [0.25, 0.3) is 0 Å². The molecule has 0 aliphatic heterocycles. The van der Waals surface area contributed by atoms with E-state index < -0.39 is 5.97 Å². The molecule has 1 saturated carbocycles. The first-order chi connectivity index (χ1) is 17.9. The topological polar surface area (TPSA) is 63.6 Å². The van der Waals surface area contributed by atoms with Crippen LogP contribution in [0.5, 0.6) is 0 Å². The Morgan fingerprint density at radius 2 is 1.11 bits per heavy atom. The summed E-state index contributed by atoms with van der Waals surface area (Å²) in [7, 11) is 0. The Kier molecular flexibility index (Phi) is 21.0. The van der Waals surface area contributed by atoms with E-state index in [1.807, 2.05) is 0 Å². The third-order valence-corrected chi connectivity index (χ3v) is 8.33. The lowest BCUT2D eigenvalue weighted by Gasteiger charge is -2.27. The van der Waals surface area contributed by atoms with Crippen molar-refractivity contribution < 1.29 is 19.4 Å². The van der Waals surface area contributed by atoms with Gasteiger partial charge in [0.2, 0.25) is 0 Å². The summed E-state index contributed by atoms with van der Waals surface area (Å²) in [5.41, 5.74) is 0. The fourth-order valence-corrected chi connectivity index (χ4v) is 5.82. The van der Waals surface area contributed by atoms with E-state index >= 15 is 0 Å². The second-order valence-electron chi connectivity index (χ2n) is 12.4. The van der Waals surface area contributed by atoms with Crippen molar-refractivity contribution in [3.8, 4) is 0 Å². The molecule has 1 aliphatic rings. The largest absolute Gasteiger partial charge is 0.481 e. The van der Waals surface area contributed by atoms with E-state index in [4.69, 9.17) is 4.74 Å². The summed E-state index contributed by atoms with van der Waals surface area (Å²) in [5, 5.41) is 9.38. The average Bonchev–Trinajstić information content (AvgIpc) is 2.88. The van der Waals surface area contributed by atoms with Crippen molar-refractivity contribution in [1.82, 2.24) is 0 Å². The van der Waals surface area contributed by atoms with Gasteiger partial charge in [-0.3, -0.25) is 9.59 Å². The molecular weight excluding hydrogens is 460 g/mol. The highest BCUT2D eigenvalue weighted by molar-refractivity contribution is 5.75. The molecule has 0 aromatic heterocycles. The van der Waals surface area contributed by atoms with Gasteiger partial charge < -0.3 is 9.84 Å². The molecule has 0 amide bonds. The number of carboxylic acid groups (broad SMARTS) is 1. The highest BCUT2D eigenvalue weighted by atomic mass is 16.5. The van der Waals surface area contributed by atoms with Crippen molar-refractivity contribution in [3.05, 3.63) is 0 Å². The molecule has 0 aromatic carbocycles. The first-order valence-corrected chi connectivity index (χ1v) is 16.4. The van der Waals surface area contributed by atoms with Gasteiger partial charge >= 0.3 is 11.9 Å². The Morgan fingerprint density at radius 3 is 1.57 bits per heavy atom. The number of rotatable bonds is 24.